The maximum absolute atomic E-state index is 13.0. The summed E-state index contributed by atoms with van der Waals surface area (Å²) in [4.78, 5) is 14.3. The number of hydrogen-bond acceptors (Lipinski definition) is 3. The third-order valence-electron chi connectivity index (χ3n) is 4.13. The Kier molecular flexibility index (Phi) is 6.12. The summed E-state index contributed by atoms with van der Waals surface area (Å²) in [6.07, 6.45) is 5.30. The number of allylic oxidation sites excluding steroid dienone is 1. The predicted molar refractivity (Wildman–Crippen MR) is 92.2 cm³/mol. The van der Waals surface area contributed by atoms with Crippen LogP contribution in [-0.2, 0) is 14.8 Å². The molecule has 1 N–H and O–H groups in total. The topological polar surface area (TPSA) is 66.5 Å². The molecule has 1 aromatic carbocycles. The molecule has 0 bridgehead atoms. The lowest BCUT2D eigenvalue weighted by atomic mass is 10.0. The number of carbonyl (C=O) groups excluding carboxylic acids is 1. The van der Waals surface area contributed by atoms with E-state index < -0.39 is 10.0 Å². The minimum Gasteiger partial charge on any atom is -0.335 e. The first-order valence-electron chi connectivity index (χ1n) is 7.96. The number of rotatable bonds is 5. The number of benzene rings is 1. The fourth-order valence-electron chi connectivity index (χ4n) is 2.81. The zero-order valence-electron chi connectivity index (χ0n) is 14.0. The van der Waals surface area contributed by atoms with Crippen LogP contribution >= 0.6 is 0 Å². The van der Waals surface area contributed by atoms with Crippen molar-refractivity contribution in [2.75, 3.05) is 19.3 Å². The molecule has 2 rings (SSSR count). The van der Waals surface area contributed by atoms with Crippen LogP contribution in [0.1, 0.15) is 31.7 Å². The summed E-state index contributed by atoms with van der Waals surface area (Å²) in [5.41, 5.74) is 1.54. The molecule has 0 saturated carbocycles. The van der Waals surface area contributed by atoms with Gasteiger partial charge in [-0.15, -0.1) is 0 Å². The summed E-state index contributed by atoms with van der Waals surface area (Å²) >= 11 is 0. The van der Waals surface area contributed by atoms with Gasteiger partial charge in [0.1, 0.15) is 5.82 Å². The molecule has 5 nitrogen and oxygen atoms in total. The third kappa shape index (κ3) is 5.42. The molecule has 0 spiro atoms. The Morgan fingerprint density at radius 2 is 2.00 bits per heavy atom. The number of amides is 1. The fraction of sp³-hybridized carbons (Fsp3) is 0.471. The Bertz CT molecular complexity index is 714. The third-order valence-corrected chi connectivity index (χ3v) is 4.82. The van der Waals surface area contributed by atoms with Crippen molar-refractivity contribution in [3.63, 3.8) is 0 Å². The highest BCUT2D eigenvalue weighted by Gasteiger charge is 2.26. The van der Waals surface area contributed by atoms with E-state index in [0.29, 0.717) is 6.54 Å². The van der Waals surface area contributed by atoms with Crippen LogP contribution < -0.4 is 4.72 Å². The quantitative estimate of drug-likeness (QED) is 0.824. The highest BCUT2D eigenvalue weighted by atomic mass is 32.2. The van der Waals surface area contributed by atoms with Gasteiger partial charge in [0.15, 0.2) is 0 Å². The first kappa shape index (κ1) is 18.6. The molecule has 1 fully saturated rings. The van der Waals surface area contributed by atoms with Crippen LogP contribution in [0, 0.1) is 5.82 Å². The minimum absolute atomic E-state index is 0.141. The summed E-state index contributed by atoms with van der Waals surface area (Å²) in [7, 11) is -3.28. The highest BCUT2D eigenvalue weighted by Crippen LogP contribution is 2.20. The van der Waals surface area contributed by atoms with Crippen LogP contribution in [-0.4, -0.2) is 44.6 Å². The molecular formula is C17H23FN2O3S. The Morgan fingerprint density at radius 1 is 1.33 bits per heavy atom. The van der Waals surface area contributed by atoms with Crippen molar-refractivity contribution in [2.24, 2.45) is 0 Å². The Hall–Kier alpha value is -1.73. The van der Waals surface area contributed by atoms with E-state index in [1.807, 2.05) is 0 Å². The standard InChI is InChI=1S/C17H23FN2O3S/c1-13(14-6-8-15(18)9-7-14)11-17(21)20-10-4-3-5-16(20)12-19-24(2,22)23/h6-9,11,16,19H,3-5,10,12H2,1-2H3/b13-11-. The van der Waals surface area contributed by atoms with Gasteiger partial charge in [-0.2, -0.15) is 0 Å². The maximum Gasteiger partial charge on any atom is 0.247 e. The first-order valence-corrected chi connectivity index (χ1v) is 9.85. The molecule has 1 heterocycles. The second-order valence-electron chi connectivity index (χ2n) is 6.14. The lowest BCUT2D eigenvalue weighted by molar-refractivity contribution is -0.129. The molecular weight excluding hydrogens is 331 g/mol. The molecule has 0 radical (unpaired) electrons. The van der Waals surface area contributed by atoms with Crippen molar-refractivity contribution in [3.8, 4) is 0 Å². The monoisotopic (exact) mass is 354 g/mol. The van der Waals surface area contributed by atoms with Gasteiger partial charge in [-0.3, -0.25) is 4.79 Å². The number of piperidine rings is 1. The second-order valence-corrected chi connectivity index (χ2v) is 7.97. The number of halogens is 1. The van der Waals surface area contributed by atoms with Crippen LogP contribution in [0.4, 0.5) is 4.39 Å². The van der Waals surface area contributed by atoms with E-state index in [-0.39, 0.29) is 24.3 Å². The van der Waals surface area contributed by atoms with Crippen molar-refractivity contribution in [1.29, 1.82) is 0 Å². The van der Waals surface area contributed by atoms with Crippen molar-refractivity contribution in [2.45, 2.75) is 32.2 Å². The van der Waals surface area contributed by atoms with Crippen molar-refractivity contribution >= 4 is 21.5 Å². The molecule has 24 heavy (non-hydrogen) atoms. The maximum atomic E-state index is 13.0. The molecule has 1 unspecified atom stereocenters. The second kappa shape index (κ2) is 7.90. The van der Waals surface area contributed by atoms with Crippen LogP contribution in [0.15, 0.2) is 30.3 Å². The van der Waals surface area contributed by atoms with E-state index in [1.165, 1.54) is 18.2 Å². The van der Waals surface area contributed by atoms with Gasteiger partial charge in [0.05, 0.1) is 6.26 Å². The number of carbonyl (C=O) groups is 1. The zero-order valence-corrected chi connectivity index (χ0v) is 14.8. The molecule has 1 saturated heterocycles. The van der Waals surface area contributed by atoms with Crippen LogP contribution in [0.25, 0.3) is 5.57 Å². The van der Waals surface area contributed by atoms with Gasteiger partial charge in [0.25, 0.3) is 0 Å². The fourth-order valence-corrected chi connectivity index (χ4v) is 3.31. The smallest absolute Gasteiger partial charge is 0.247 e. The van der Waals surface area contributed by atoms with Gasteiger partial charge in [0, 0.05) is 25.2 Å². The Morgan fingerprint density at radius 3 is 2.62 bits per heavy atom. The van der Waals surface area contributed by atoms with E-state index in [2.05, 4.69) is 4.72 Å². The summed E-state index contributed by atoms with van der Waals surface area (Å²) in [6, 6.07) is 5.84. The number of sulfonamides is 1. The summed E-state index contributed by atoms with van der Waals surface area (Å²) in [5.74, 6) is -0.461. The van der Waals surface area contributed by atoms with Crippen LogP contribution in [0.3, 0.4) is 0 Å². The lowest BCUT2D eigenvalue weighted by Gasteiger charge is -2.35. The minimum atomic E-state index is -3.28. The van der Waals surface area contributed by atoms with Crippen molar-refractivity contribution in [3.05, 3.63) is 41.7 Å². The number of likely N-dealkylation sites (tertiary alicyclic amines) is 1. The molecule has 7 heteroatoms. The molecule has 1 atom stereocenters. The number of nitrogens with one attached hydrogen (secondary N) is 1. The summed E-state index contributed by atoms with van der Waals surface area (Å²) in [5, 5.41) is 0. The molecule has 132 valence electrons. The summed E-state index contributed by atoms with van der Waals surface area (Å²) in [6.45, 7) is 2.65. The predicted octanol–water partition coefficient (Wildman–Crippen LogP) is 2.16. The number of hydrogen-bond donors (Lipinski definition) is 1. The normalized spacial score (nSPS) is 19.4. The molecule has 0 aliphatic carbocycles. The average Bonchev–Trinajstić information content (AvgIpc) is 2.53. The van der Waals surface area contributed by atoms with Gasteiger partial charge >= 0.3 is 0 Å². The largest absolute Gasteiger partial charge is 0.335 e. The van der Waals surface area contributed by atoms with Crippen molar-refractivity contribution < 1.29 is 17.6 Å². The molecule has 1 aromatic rings. The SMILES string of the molecule is C/C(=C/C(=O)N1CCCCC1CNS(C)(=O)=O)c1ccc(F)cc1. The van der Waals surface area contributed by atoms with E-state index in [1.54, 1.807) is 24.0 Å². The molecule has 1 amide bonds. The van der Waals surface area contributed by atoms with Crippen molar-refractivity contribution in [1.82, 2.24) is 9.62 Å². The van der Waals surface area contributed by atoms with E-state index >= 15 is 0 Å². The van der Waals surface area contributed by atoms with Gasteiger partial charge in [-0.25, -0.2) is 17.5 Å². The Labute approximate surface area is 142 Å². The average molecular weight is 354 g/mol. The molecule has 0 aromatic heterocycles. The molecule has 1 aliphatic rings. The first-order chi connectivity index (χ1) is 11.3. The molecule has 1 aliphatic heterocycles. The lowest BCUT2D eigenvalue weighted by Crippen LogP contribution is -2.48. The van der Waals surface area contributed by atoms with Gasteiger partial charge < -0.3 is 4.90 Å². The number of nitrogens with zero attached hydrogens (tertiary/aromatic N) is 1. The van der Waals surface area contributed by atoms with E-state index in [0.717, 1.165) is 36.7 Å². The van der Waals surface area contributed by atoms with Gasteiger partial charge in [-0.05, 0) is 49.5 Å². The van der Waals surface area contributed by atoms with E-state index in [4.69, 9.17) is 0 Å². The van der Waals surface area contributed by atoms with Crippen LogP contribution in [0.5, 0.6) is 0 Å². The Balaban J connectivity index is 2.10. The van der Waals surface area contributed by atoms with Crippen LogP contribution in [0.2, 0.25) is 0 Å². The summed E-state index contributed by atoms with van der Waals surface area (Å²) < 4.78 is 38.0. The highest BCUT2D eigenvalue weighted by molar-refractivity contribution is 7.88. The van der Waals surface area contributed by atoms with E-state index in [9.17, 15) is 17.6 Å². The van der Waals surface area contributed by atoms with Gasteiger partial charge in [-0.1, -0.05) is 12.1 Å². The van der Waals surface area contributed by atoms with Gasteiger partial charge in [0.2, 0.25) is 15.9 Å². The zero-order chi connectivity index (χ0) is 17.7.